The highest BCUT2D eigenvalue weighted by atomic mass is 16.3. The average Bonchev–Trinajstić information content (AvgIpc) is 2.84. The second-order valence-corrected chi connectivity index (χ2v) is 5.48. The Morgan fingerprint density at radius 2 is 1.95 bits per heavy atom. The second-order valence-electron chi connectivity index (χ2n) is 5.48. The van der Waals surface area contributed by atoms with Gasteiger partial charge >= 0.3 is 0 Å². The van der Waals surface area contributed by atoms with Gasteiger partial charge in [-0.3, -0.25) is 4.57 Å². The smallest absolute Gasteiger partial charge is 0.140 e. The van der Waals surface area contributed by atoms with E-state index in [9.17, 15) is 5.11 Å². The van der Waals surface area contributed by atoms with Gasteiger partial charge in [0.1, 0.15) is 12.4 Å². The Labute approximate surface area is 123 Å². The SMILES string of the molecule is CC(C)c1ccccc1-n1c(CO)nc2cc(N)ccc21. The minimum atomic E-state index is -0.110. The third kappa shape index (κ3) is 2.28. The summed E-state index contributed by atoms with van der Waals surface area (Å²) in [6.07, 6.45) is 0. The number of aliphatic hydroxyl groups excluding tert-OH is 1. The van der Waals surface area contributed by atoms with Crippen molar-refractivity contribution in [3.63, 3.8) is 0 Å². The van der Waals surface area contributed by atoms with E-state index in [1.807, 2.05) is 34.9 Å². The molecule has 3 aromatic rings. The van der Waals surface area contributed by atoms with E-state index in [-0.39, 0.29) is 6.61 Å². The van der Waals surface area contributed by atoms with Crippen molar-refractivity contribution in [1.29, 1.82) is 0 Å². The minimum Gasteiger partial charge on any atom is -0.399 e. The van der Waals surface area contributed by atoms with Crippen molar-refractivity contribution >= 4 is 16.7 Å². The van der Waals surface area contributed by atoms with E-state index in [0.29, 0.717) is 17.4 Å². The topological polar surface area (TPSA) is 64.1 Å². The molecular formula is C17H19N3O. The van der Waals surface area contributed by atoms with Crippen LogP contribution in [0.2, 0.25) is 0 Å². The Balaban J connectivity index is 2.34. The van der Waals surface area contributed by atoms with Crippen molar-refractivity contribution in [3.05, 3.63) is 53.9 Å². The molecule has 0 saturated carbocycles. The molecule has 0 bridgehead atoms. The normalized spacial score (nSPS) is 11.4. The summed E-state index contributed by atoms with van der Waals surface area (Å²) in [6.45, 7) is 4.21. The molecule has 0 saturated heterocycles. The van der Waals surface area contributed by atoms with E-state index in [1.165, 1.54) is 5.56 Å². The Bertz CT molecular complexity index is 790. The van der Waals surface area contributed by atoms with E-state index in [0.717, 1.165) is 16.7 Å². The molecule has 4 nitrogen and oxygen atoms in total. The molecule has 4 heteroatoms. The van der Waals surface area contributed by atoms with Gasteiger partial charge in [-0.25, -0.2) is 4.98 Å². The molecule has 0 amide bonds. The number of aromatic nitrogens is 2. The fraction of sp³-hybridized carbons (Fsp3) is 0.235. The van der Waals surface area contributed by atoms with Crippen molar-refractivity contribution in [2.24, 2.45) is 0 Å². The third-order valence-corrected chi connectivity index (χ3v) is 3.69. The molecular weight excluding hydrogens is 262 g/mol. The lowest BCUT2D eigenvalue weighted by atomic mass is 10.0. The maximum absolute atomic E-state index is 9.67. The van der Waals surface area contributed by atoms with Crippen LogP contribution in [0.25, 0.3) is 16.7 Å². The number of fused-ring (bicyclic) bond motifs is 1. The highest BCUT2D eigenvalue weighted by molar-refractivity contribution is 5.81. The van der Waals surface area contributed by atoms with Crippen LogP contribution in [0.1, 0.15) is 31.2 Å². The minimum absolute atomic E-state index is 0.110. The summed E-state index contributed by atoms with van der Waals surface area (Å²) < 4.78 is 2.02. The van der Waals surface area contributed by atoms with Crippen LogP contribution in [0.5, 0.6) is 0 Å². The molecule has 3 N–H and O–H groups in total. The molecule has 0 spiro atoms. The Hall–Kier alpha value is -2.33. The number of nitrogen functional groups attached to an aromatic ring is 1. The summed E-state index contributed by atoms with van der Waals surface area (Å²) in [5, 5.41) is 9.67. The first-order valence-electron chi connectivity index (χ1n) is 7.09. The molecule has 108 valence electrons. The van der Waals surface area contributed by atoms with Crippen LogP contribution in [0.15, 0.2) is 42.5 Å². The Morgan fingerprint density at radius 1 is 1.19 bits per heavy atom. The fourth-order valence-electron chi connectivity index (χ4n) is 2.70. The Morgan fingerprint density at radius 3 is 2.67 bits per heavy atom. The van der Waals surface area contributed by atoms with Crippen LogP contribution >= 0.6 is 0 Å². The van der Waals surface area contributed by atoms with E-state index in [1.54, 1.807) is 0 Å². The largest absolute Gasteiger partial charge is 0.399 e. The molecule has 1 aromatic heterocycles. The molecule has 21 heavy (non-hydrogen) atoms. The Kier molecular flexibility index (Phi) is 3.39. The summed E-state index contributed by atoms with van der Waals surface area (Å²) in [6, 6.07) is 13.9. The van der Waals surface area contributed by atoms with Gasteiger partial charge in [-0.15, -0.1) is 0 Å². The van der Waals surface area contributed by atoms with Gasteiger partial charge in [-0.05, 0) is 35.7 Å². The maximum atomic E-state index is 9.67. The second kappa shape index (κ2) is 5.22. The lowest BCUT2D eigenvalue weighted by Gasteiger charge is -2.16. The zero-order valence-corrected chi connectivity index (χ0v) is 12.2. The number of hydrogen-bond donors (Lipinski definition) is 2. The van der Waals surface area contributed by atoms with Crippen LogP contribution in [-0.2, 0) is 6.61 Å². The molecule has 3 rings (SSSR count). The number of benzene rings is 2. The number of rotatable bonds is 3. The van der Waals surface area contributed by atoms with Crippen molar-refractivity contribution in [1.82, 2.24) is 9.55 Å². The van der Waals surface area contributed by atoms with Crippen LogP contribution in [0.3, 0.4) is 0 Å². The van der Waals surface area contributed by atoms with E-state index in [2.05, 4.69) is 31.0 Å². The van der Waals surface area contributed by atoms with Crippen LogP contribution in [-0.4, -0.2) is 14.7 Å². The molecule has 1 heterocycles. The number of nitrogens with zero attached hydrogens (tertiary/aromatic N) is 2. The van der Waals surface area contributed by atoms with Gasteiger partial charge in [0.05, 0.1) is 16.7 Å². The molecule has 2 aromatic carbocycles. The number of aliphatic hydroxyl groups is 1. The first kappa shape index (κ1) is 13.6. The van der Waals surface area contributed by atoms with E-state index in [4.69, 9.17) is 5.73 Å². The number of para-hydroxylation sites is 1. The fourth-order valence-corrected chi connectivity index (χ4v) is 2.70. The van der Waals surface area contributed by atoms with Crippen LogP contribution in [0.4, 0.5) is 5.69 Å². The van der Waals surface area contributed by atoms with Crippen molar-refractivity contribution in [2.75, 3.05) is 5.73 Å². The van der Waals surface area contributed by atoms with Gasteiger partial charge in [-0.1, -0.05) is 32.0 Å². The third-order valence-electron chi connectivity index (χ3n) is 3.69. The van der Waals surface area contributed by atoms with Gasteiger partial charge < -0.3 is 10.8 Å². The average molecular weight is 281 g/mol. The van der Waals surface area contributed by atoms with Crippen molar-refractivity contribution in [3.8, 4) is 5.69 Å². The zero-order valence-electron chi connectivity index (χ0n) is 12.2. The molecule has 0 aliphatic carbocycles. The number of anilines is 1. The van der Waals surface area contributed by atoms with E-state index >= 15 is 0 Å². The maximum Gasteiger partial charge on any atom is 0.140 e. The van der Waals surface area contributed by atoms with Gasteiger partial charge in [0, 0.05) is 5.69 Å². The summed E-state index contributed by atoms with van der Waals surface area (Å²) in [5.41, 5.74) is 10.6. The van der Waals surface area contributed by atoms with E-state index < -0.39 is 0 Å². The quantitative estimate of drug-likeness (QED) is 0.724. The summed E-state index contributed by atoms with van der Waals surface area (Å²) >= 11 is 0. The predicted molar refractivity (Wildman–Crippen MR) is 85.5 cm³/mol. The molecule has 0 fully saturated rings. The highest BCUT2D eigenvalue weighted by Gasteiger charge is 2.15. The number of hydrogen-bond acceptors (Lipinski definition) is 3. The zero-order chi connectivity index (χ0) is 15.0. The summed E-state index contributed by atoms with van der Waals surface area (Å²) in [7, 11) is 0. The summed E-state index contributed by atoms with van der Waals surface area (Å²) in [5.74, 6) is 1.02. The lowest BCUT2D eigenvalue weighted by Crippen LogP contribution is -2.05. The molecule has 0 aliphatic heterocycles. The standard InChI is InChI=1S/C17H19N3O/c1-11(2)13-5-3-4-6-15(13)20-16-8-7-12(18)9-14(16)19-17(20)10-21/h3-9,11,21H,10,18H2,1-2H3. The van der Waals surface area contributed by atoms with Gasteiger partial charge in [0.25, 0.3) is 0 Å². The molecule has 0 unspecified atom stereocenters. The van der Waals surface area contributed by atoms with Gasteiger partial charge in [0.2, 0.25) is 0 Å². The summed E-state index contributed by atoms with van der Waals surface area (Å²) in [4.78, 5) is 4.50. The molecule has 0 radical (unpaired) electrons. The number of imidazole rings is 1. The molecule has 0 aliphatic rings. The highest BCUT2D eigenvalue weighted by Crippen LogP contribution is 2.28. The lowest BCUT2D eigenvalue weighted by molar-refractivity contribution is 0.270. The van der Waals surface area contributed by atoms with Crippen LogP contribution in [0, 0.1) is 0 Å². The number of nitrogens with two attached hydrogens (primary N) is 1. The predicted octanol–water partition coefficient (Wildman–Crippen LogP) is 3.22. The van der Waals surface area contributed by atoms with Crippen molar-refractivity contribution < 1.29 is 5.11 Å². The van der Waals surface area contributed by atoms with Crippen LogP contribution < -0.4 is 5.73 Å². The first-order chi connectivity index (χ1) is 10.1. The monoisotopic (exact) mass is 281 g/mol. The van der Waals surface area contributed by atoms with Crippen molar-refractivity contribution in [2.45, 2.75) is 26.4 Å². The van der Waals surface area contributed by atoms with Gasteiger partial charge in [0.15, 0.2) is 0 Å². The molecule has 0 atom stereocenters. The van der Waals surface area contributed by atoms with Gasteiger partial charge in [-0.2, -0.15) is 0 Å². The first-order valence-corrected chi connectivity index (χ1v) is 7.09.